The summed E-state index contributed by atoms with van der Waals surface area (Å²) in [5.74, 6) is -1.04. The third-order valence-electron chi connectivity index (χ3n) is 3.06. The minimum atomic E-state index is -0.906. The van der Waals surface area contributed by atoms with E-state index in [1.807, 2.05) is 0 Å². The van der Waals surface area contributed by atoms with Gasteiger partial charge in [0.15, 0.2) is 6.10 Å². The number of ether oxygens (including phenoxy) is 1. The van der Waals surface area contributed by atoms with Crippen LogP contribution in [0.3, 0.4) is 0 Å². The number of para-hydroxylation sites is 1. The number of aromatic nitrogens is 2. The molecule has 0 saturated carbocycles. The molecule has 0 unspecified atom stereocenters. The average Bonchev–Trinajstić information content (AvgIpc) is 2.50. The summed E-state index contributed by atoms with van der Waals surface area (Å²) < 4.78 is 6.16. The first-order valence-corrected chi connectivity index (χ1v) is 6.94. The van der Waals surface area contributed by atoms with Crippen LogP contribution >= 0.6 is 0 Å². The number of carbonyl (C=O) groups excluding carboxylic acids is 2. The van der Waals surface area contributed by atoms with Gasteiger partial charge in [-0.2, -0.15) is 0 Å². The Balaban J connectivity index is 2.11. The number of hydrogen-bond acceptors (Lipinski definition) is 5. The molecule has 116 valence electrons. The maximum absolute atomic E-state index is 12.2. The summed E-state index contributed by atoms with van der Waals surface area (Å²) in [4.78, 5) is 39.7. The molecule has 0 aliphatic rings. The van der Waals surface area contributed by atoms with Crippen molar-refractivity contribution < 1.29 is 14.3 Å². The Morgan fingerprint density at radius 2 is 2.09 bits per heavy atom. The standard InChI is InChI=1S/C15H17N3O4/c1-3-16-14(20)10(2)22-13(19)8-18-9-17-12-7-5-4-6-11(12)15(18)21/h4-7,9-10H,3,8H2,1-2H3,(H,16,20)/t10-/m0/s1. The SMILES string of the molecule is CCNC(=O)[C@H](C)OC(=O)Cn1cnc2ccccc2c1=O. The topological polar surface area (TPSA) is 90.3 Å². The van der Waals surface area contributed by atoms with Gasteiger partial charge >= 0.3 is 5.97 Å². The van der Waals surface area contributed by atoms with Crippen LogP contribution < -0.4 is 10.9 Å². The molecule has 7 nitrogen and oxygen atoms in total. The maximum Gasteiger partial charge on any atom is 0.326 e. The predicted octanol–water partition coefficient (Wildman–Crippen LogP) is 0.464. The van der Waals surface area contributed by atoms with Crippen LogP contribution in [-0.4, -0.2) is 34.1 Å². The maximum atomic E-state index is 12.2. The number of benzene rings is 1. The van der Waals surface area contributed by atoms with Gasteiger partial charge in [0, 0.05) is 6.54 Å². The van der Waals surface area contributed by atoms with Crippen LogP contribution in [0.15, 0.2) is 35.4 Å². The highest BCUT2D eigenvalue weighted by atomic mass is 16.5. The number of rotatable bonds is 5. The summed E-state index contributed by atoms with van der Waals surface area (Å²) in [7, 11) is 0. The third kappa shape index (κ3) is 3.49. The Kier molecular flexibility index (Phi) is 4.88. The lowest BCUT2D eigenvalue weighted by atomic mass is 10.2. The van der Waals surface area contributed by atoms with Gasteiger partial charge in [0.05, 0.1) is 17.2 Å². The smallest absolute Gasteiger partial charge is 0.326 e. The Morgan fingerprint density at radius 1 is 1.36 bits per heavy atom. The summed E-state index contributed by atoms with van der Waals surface area (Å²) >= 11 is 0. The molecule has 7 heteroatoms. The zero-order valence-electron chi connectivity index (χ0n) is 12.4. The molecule has 1 atom stereocenters. The molecule has 0 bridgehead atoms. The van der Waals surface area contributed by atoms with Gasteiger partial charge in [-0.3, -0.25) is 19.0 Å². The lowest BCUT2D eigenvalue weighted by molar-refractivity contribution is -0.155. The molecular formula is C15H17N3O4. The first-order valence-electron chi connectivity index (χ1n) is 6.94. The molecule has 22 heavy (non-hydrogen) atoms. The first-order chi connectivity index (χ1) is 10.5. The van der Waals surface area contributed by atoms with Gasteiger partial charge in [-0.1, -0.05) is 12.1 Å². The van der Waals surface area contributed by atoms with Gasteiger partial charge in [0.25, 0.3) is 11.5 Å². The van der Waals surface area contributed by atoms with Crippen molar-refractivity contribution in [3.05, 3.63) is 40.9 Å². The van der Waals surface area contributed by atoms with E-state index in [0.717, 1.165) is 4.57 Å². The highest BCUT2D eigenvalue weighted by molar-refractivity contribution is 5.83. The minimum absolute atomic E-state index is 0.291. The summed E-state index contributed by atoms with van der Waals surface area (Å²) in [5, 5.41) is 2.98. The summed E-state index contributed by atoms with van der Waals surface area (Å²) in [6.45, 7) is 3.41. The molecule has 2 aromatic rings. The van der Waals surface area contributed by atoms with Gasteiger partial charge in [-0.15, -0.1) is 0 Å². The minimum Gasteiger partial charge on any atom is -0.451 e. The largest absolute Gasteiger partial charge is 0.451 e. The molecular weight excluding hydrogens is 286 g/mol. The van der Waals surface area contributed by atoms with Crippen molar-refractivity contribution in [2.75, 3.05) is 6.54 Å². The fourth-order valence-electron chi connectivity index (χ4n) is 1.96. The monoisotopic (exact) mass is 303 g/mol. The number of fused-ring (bicyclic) bond motifs is 1. The third-order valence-corrected chi connectivity index (χ3v) is 3.06. The molecule has 0 saturated heterocycles. The Bertz CT molecular complexity index is 754. The summed E-state index contributed by atoms with van der Waals surface area (Å²) in [5.41, 5.74) is 0.237. The van der Waals surface area contributed by atoms with Gasteiger partial charge in [0.1, 0.15) is 6.54 Å². The van der Waals surface area contributed by atoms with E-state index in [9.17, 15) is 14.4 Å². The molecule has 1 N–H and O–H groups in total. The van der Waals surface area contributed by atoms with Crippen molar-refractivity contribution in [3.63, 3.8) is 0 Å². The Labute approximate surface area is 126 Å². The molecule has 0 radical (unpaired) electrons. The zero-order chi connectivity index (χ0) is 16.1. The van der Waals surface area contributed by atoms with Gasteiger partial charge in [-0.25, -0.2) is 4.98 Å². The number of hydrogen-bond donors (Lipinski definition) is 1. The Hall–Kier alpha value is -2.70. The van der Waals surface area contributed by atoms with Crippen molar-refractivity contribution in [3.8, 4) is 0 Å². The van der Waals surface area contributed by atoms with Crippen molar-refractivity contribution in [1.29, 1.82) is 0 Å². The van der Waals surface area contributed by atoms with Gasteiger partial charge in [-0.05, 0) is 26.0 Å². The van der Waals surface area contributed by atoms with Gasteiger partial charge in [0.2, 0.25) is 0 Å². The summed E-state index contributed by atoms with van der Waals surface area (Å²) in [6, 6.07) is 6.87. The number of amides is 1. The highest BCUT2D eigenvalue weighted by Gasteiger charge is 2.17. The second-order valence-electron chi connectivity index (χ2n) is 4.72. The number of likely N-dealkylation sites (N-methyl/N-ethyl adjacent to an activating group) is 1. The molecule has 0 fully saturated rings. The fourth-order valence-corrected chi connectivity index (χ4v) is 1.96. The van der Waals surface area contributed by atoms with Gasteiger partial charge < -0.3 is 10.1 Å². The van der Waals surface area contributed by atoms with Crippen molar-refractivity contribution in [1.82, 2.24) is 14.9 Å². The van der Waals surface area contributed by atoms with Crippen molar-refractivity contribution in [2.45, 2.75) is 26.5 Å². The number of carbonyl (C=O) groups is 2. The molecule has 1 heterocycles. The van der Waals surface area contributed by atoms with E-state index >= 15 is 0 Å². The van der Waals surface area contributed by atoms with Crippen LogP contribution in [0.2, 0.25) is 0 Å². The quantitative estimate of drug-likeness (QED) is 0.811. The van der Waals surface area contributed by atoms with E-state index in [2.05, 4.69) is 10.3 Å². The lowest BCUT2D eigenvalue weighted by Gasteiger charge is -2.13. The normalized spacial score (nSPS) is 11.9. The fraction of sp³-hybridized carbons (Fsp3) is 0.333. The van der Waals surface area contributed by atoms with E-state index in [1.165, 1.54) is 13.3 Å². The average molecular weight is 303 g/mol. The van der Waals surface area contributed by atoms with E-state index in [1.54, 1.807) is 31.2 Å². The Morgan fingerprint density at radius 3 is 2.82 bits per heavy atom. The predicted molar refractivity (Wildman–Crippen MR) is 80.2 cm³/mol. The van der Waals surface area contributed by atoms with Crippen molar-refractivity contribution >= 4 is 22.8 Å². The van der Waals surface area contributed by atoms with E-state index in [-0.39, 0.29) is 18.0 Å². The molecule has 1 aromatic carbocycles. The zero-order valence-corrected chi connectivity index (χ0v) is 12.4. The van der Waals surface area contributed by atoms with Crippen LogP contribution in [0, 0.1) is 0 Å². The second-order valence-corrected chi connectivity index (χ2v) is 4.72. The van der Waals surface area contributed by atoms with Crippen LogP contribution in [0.5, 0.6) is 0 Å². The first kappa shape index (κ1) is 15.7. The molecule has 1 aromatic heterocycles. The highest BCUT2D eigenvalue weighted by Crippen LogP contribution is 2.04. The number of nitrogens with zero attached hydrogens (tertiary/aromatic N) is 2. The molecule has 0 spiro atoms. The van der Waals surface area contributed by atoms with Crippen LogP contribution in [-0.2, 0) is 20.9 Å². The summed E-state index contributed by atoms with van der Waals surface area (Å²) in [6.07, 6.45) is 0.388. The van der Waals surface area contributed by atoms with Crippen LogP contribution in [0.4, 0.5) is 0 Å². The molecule has 0 aliphatic heterocycles. The van der Waals surface area contributed by atoms with E-state index < -0.39 is 12.1 Å². The lowest BCUT2D eigenvalue weighted by Crippen LogP contribution is -2.37. The van der Waals surface area contributed by atoms with E-state index in [0.29, 0.717) is 17.4 Å². The number of esters is 1. The van der Waals surface area contributed by atoms with Crippen LogP contribution in [0.1, 0.15) is 13.8 Å². The van der Waals surface area contributed by atoms with E-state index in [4.69, 9.17) is 4.74 Å². The molecule has 0 aliphatic carbocycles. The molecule has 1 amide bonds. The van der Waals surface area contributed by atoms with Crippen molar-refractivity contribution in [2.24, 2.45) is 0 Å². The molecule has 2 rings (SSSR count). The second kappa shape index (κ2) is 6.84. The van der Waals surface area contributed by atoms with Crippen LogP contribution in [0.25, 0.3) is 10.9 Å². The number of nitrogens with one attached hydrogen (secondary N) is 1.